The summed E-state index contributed by atoms with van der Waals surface area (Å²) in [5, 5.41) is 0.695. The van der Waals surface area contributed by atoms with Gasteiger partial charge in [0.05, 0.1) is 0 Å². The standard InChI is InChI=1S/C20H27N3OS2/c1-3-13-26-15-18-19(24)21(2)20(25)23(18)17-9-11-22(12-10-17)14-16-7-5-4-6-8-16/h3-8,17-18H,1,9-15H2,2H3. The Morgan fingerprint density at radius 1 is 1.27 bits per heavy atom. The second-order valence-corrected chi connectivity index (χ2v) is 8.36. The van der Waals surface area contributed by atoms with Crippen LogP contribution >= 0.6 is 24.0 Å². The summed E-state index contributed by atoms with van der Waals surface area (Å²) in [5.41, 5.74) is 1.36. The zero-order chi connectivity index (χ0) is 18.5. The van der Waals surface area contributed by atoms with Crippen LogP contribution in [0, 0.1) is 0 Å². The summed E-state index contributed by atoms with van der Waals surface area (Å²) >= 11 is 7.35. The molecule has 3 rings (SSSR count). The summed E-state index contributed by atoms with van der Waals surface area (Å²) in [6, 6.07) is 10.8. The summed E-state index contributed by atoms with van der Waals surface area (Å²) in [5.74, 6) is 1.78. The molecule has 0 N–H and O–H groups in total. The quantitative estimate of drug-likeness (QED) is 0.406. The van der Waals surface area contributed by atoms with Gasteiger partial charge in [0.1, 0.15) is 6.04 Å². The molecule has 0 spiro atoms. The van der Waals surface area contributed by atoms with Crippen molar-refractivity contribution in [3.63, 3.8) is 0 Å². The van der Waals surface area contributed by atoms with E-state index in [0.29, 0.717) is 11.2 Å². The molecule has 2 fully saturated rings. The summed E-state index contributed by atoms with van der Waals surface area (Å²) in [7, 11) is 1.81. The zero-order valence-corrected chi connectivity index (χ0v) is 17.0. The van der Waals surface area contributed by atoms with Gasteiger partial charge in [0, 0.05) is 44.2 Å². The van der Waals surface area contributed by atoms with Gasteiger partial charge in [-0.05, 0) is 30.6 Å². The van der Waals surface area contributed by atoms with Crippen molar-refractivity contribution < 1.29 is 4.79 Å². The molecule has 6 heteroatoms. The summed E-state index contributed by atoms with van der Waals surface area (Å²) in [6.07, 6.45) is 3.99. The van der Waals surface area contributed by atoms with E-state index in [9.17, 15) is 4.79 Å². The Kier molecular flexibility index (Phi) is 6.73. The zero-order valence-electron chi connectivity index (χ0n) is 15.3. The van der Waals surface area contributed by atoms with Gasteiger partial charge in [-0.2, -0.15) is 11.8 Å². The van der Waals surface area contributed by atoms with E-state index in [0.717, 1.165) is 44.0 Å². The molecular formula is C20H27N3OS2. The number of thiocarbonyl (C=S) groups is 1. The minimum atomic E-state index is -0.122. The van der Waals surface area contributed by atoms with E-state index in [2.05, 4.69) is 46.7 Å². The second kappa shape index (κ2) is 9.02. The first-order valence-electron chi connectivity index (χ1n) is 9.16. The third-order valence-corrected chi connectivity index (χ3v) is 6.68. The highest BCUT2D eigenvalue weighted by atomic mass is 32.2. The van der Waals surface area contributed by atoms with Gasteiger partial charge in [-0.15, -0.1) is 6.58 Å². The Morgan fingerprint density at radius 3 is 2.62 bits per heavy atom. The first kappa shape index (κ1) is 19.4. The van der Waals surface area contributed by atoms with Crippen LogP contribution in [-0.4, -0.2) is 69.4 Å². The Hall–Kier alpha value is -1.37. The minimum absolute atomic E-state index is 0.122. The number of rotatable bonds is 7. The van der Waals surface area contributed by atoms with Crippen LogP contribution in [0.25, 0.3) is 0 Å². The first-order valence-corrected chi connectivity index (χ1v) is 10.7. The fourth-order valence-corrected chi connectivity index (χ4v) is 4.96. The number of likely N-dealkylation sites (N-methyl/N-ethyl adjacent to an activating group) is 1. The fourth-order valence-electron chi connectivity index (χ4n) is 3.77. The van der Waals surface area contributed by atoms with Crippen LogP contribution < -0.4 is 0 Å². The third kappa shape index (κ3) is 4.30. The molecule has 1 unspecified atom stereocenters. The van der Waals surface area contributed by atoms with Gasteiger partial charge in [-0.3, -0.25) is 14.6 Å². The molecule has 0 aromatic heterocycles. The number of hydrogen-bond acceptors (Lipinski definition) is 4. The maximum atomic E-state index is 12.6. The third-order valence-electron chi connectivity index (χ3n) is 5.17. The van der Waals surface area contributed by atoms with Crippen LogP contribution in [0.5, 0.6) is 0 Å². The molecule has 1 atom stereocenters. The molecule has 2 aliphatic heterocycles. The van der Waals surface area contributed by atoms with E-state index in [1.54, 1.807) is 23.7 Å². The topological polar surface area (TPSA) is 26.8 Å². The molecule has 0 bridgehead atoms. The van der Waals surface area contributed by atoms with E-state index in [1.807, 2.05) is 6.08 Å². The van der Waals surface area contributed by atoms with Gasteiger partial charge >= 0.3 is 0 Å². The Morgan fingerprint density at radius 2 is 1.96 bits per heavy atom. The number of thioether (sulfide) groups is 1. The van der Waals surface area contributed by atoms with Gasteiger partial charge < -0.3 is 4.90 Å². The molecule has 4 nitrogen and oxygen atoms in total. The predicted molar refractivity (Wildman–Crippen MR) is 113 cm³/mol. The van der Waals surface area contributed by atoms with Crippen LogP contribution in [0.1, 0.15) is 18.4 Å². The van der Waals surface area contributed by atoms with Gasteiger partial charge in [-0.25, -0.2) is 0 Å². The molecule has 1 amide bonds. The van der Waals surface area contributed by atoms with Crippen molar-refractivity contribution in [1.82, 2.24) is 14.7 Å². The minimum Gasteiger partial charge on any atom is -0.333 e. The molecule has 0 radical (unpaired) electrons. The highest BCUT2D eigenvalue weighted by Gasteiger charge is 2.44. The van der Waals surface area contributed by atoms with Crippen molar-refractivity contribution in [3.8, 4) is 0 Å². The van der Waals surface area contributed by atoms with E-state index < -0.39 is 0 Å². The van der Waals surface area contributed by atoms with Crippen molar-refractivity contribution in [2.45, 2.75) is 31.5 Å². The molecule has 1 aromatic rings. The van der Waals surface area contributed by atoms with Crippen molar-refractivity contribution in [1.29, 1.82) is 0 Å². The van der Waals surface area contributed by atoms with E-state index in [1.165, 1.54) is 5.56 Å². The lowest BCUT2D eigenvalue weighted by atomic mass is 10.0. The number of piperidine rings is 1. The van der Waals surface area contributed by atoms with Gasteiger partial charge in [0.2, 0.25) is 0 Å². The van der Waals surface area contributed by atoms with Crippen molar-refractivity contribution in [2.75, 3.05) is 31.6 Å². The number of carbonyl (C=O) groups is 1. The second-order valence-electron chi connectivity index (χ2n) is 6.92. The smallest absolute Gasteiger partial charge is 0.252 e. The average molecular weight is 390 g/mol. The molecule has 2 aliphatic rings. The van der Waals surface area contributed by atoms with E-state index in [-0.39, 0.29) is 11.9 Å². The SMILES string of the molecule is C=CCSCC1C(=O)N(C)C(=S)N1C1CCN(Cc2ccccc2)CC1. The molecule has 2 heterocycles. The molecule has 2 saturated heterocycles. The maximum Gasteiger partial charge on any atom is 0.252 e. The van der Waals surface area contributed by atoms with Crippen LogP contribution in [0.15, 0.2) is 43.0 Å². The molecular weight excluding hydrogens is 362 g/mol. The lowest BCUT2D eigenvalue weighted by molar-refractivity contribution is -0.127. The number of nitrogens with zero attached hydrogens (tertiary/aromatic N) is 3. The number of carbonyl (C=O) groups excluding carboxylic acids is 1. The number of benzene rings is 1. The normalized spacial score (nSPS) is 22.3. The number of likely N-dealkylation sites (tertiary alicyclic amines) is 1. The highest BCUT2D eigenvalue weighted by molar-refractivity contribution is 7.99. The van der Waals surface area contributed by atoms with Crippen LogP contribution in [0.3, 0.4) is 0 Å². The number of hydrogen-bond donors (Lipinski definition) is 0. The summed E-state index contributed by atoms with van der Waals surface area (Å²) in [4.78, 5) is 19.0. The van der Waals surface area contributed by atoms with Crippen LogP contribution in [0.4, 0.5) is 0 Å². The van der Waals surface area contributed by atoms with Gasteiger partial charge in [0.25, 0.3) is 5.91 Å². The van der Waals surface area contributed by atoms with Crippen LogP contribution in [-0.2, 0) is 11.3 Å². The first-order chi connectivity index (χ1) is 12.6. The Labute approximate surface area is 166 Å². The Balaban J connectivity index is 1.60. The van der Waals surface area contributed by atoms with E-state index in [4.69, 9.17) is 12.2 Å². The summed E-state index contributed by atoms with van der Waals surface area (Å²) in [6.45, 7) is 6.85. The Bertz CT molecular complexity index is 644. The summed E-state index contributed by atoms with van der Waals surface area (Å²) < 4.78 is 0. The van der Waals surface area contributed by atoms with Crippen molar-refractivity contribution in [2.24, 2.45) is 0 Å². The average Bonchev–Trinajstić information content (AvgIpc) is 2.88. The molecule has 140 valence electrons. The lowest BCUT2D eigenvalue weighted by Crippen LogP contribution is -2.49. The van der Waals surface area contributed by atoms with E-state index >= 15 is 0 Å². The lowest BCUT2D eigenvalue weighted by Gasteiger charge is -2.39. The monoisotopic (exact) mass is 389 g/mol. The maximum absolute atomic E-state index is 12.6. The molecule has 0 saturated carbocycles. The highest BCUT2D eigenvalue weighted by Crippen LogP contribution is 2.28. The molecule has 0 aliphatic carbocycles. The predicted octanol–water partition coefficient (Wildman–Crippen LogP) is 3.00. The van der Waals surface area contributed by atoms with Gasteiger partial charge in [0.15, 0.2) is 5.11 Å². The molecule has 26 heavy (non-hydrogen) atoms. The largest absolute Gasteiger partial charge is 0.333 e. The van der Waals surface area contributed by atoms with Gasteiger partial charge in [-0.1, -0.05) is 36.4 Å². The number of amides is 1. The molecule has 1 aromatic carbocycles. The van der Waals surface area contributed by atoms with Crippen LogP contribution in [0.2, 0.25) is 0 Å². The fraction of sp³-hybridized carbons (Fsp3) is 0.500. The van der Waals surface area contributed by atoms with Crippen molar-refractivity contribution >= 4 is 35.0 Å². The van der Waals surface area contributed by atoms with Crippen molar-refractivity contribution in [3.05, 3.63) is 48.6 Å².